The van der Waals surface area contributed by atoms with E-state index < -0.39 is 48.8 Å². The van der Waals surface area contributed by atoms with E-state index >= 15 is 0 Å². The number of rotatable bonds is 3. The van der Waals surface area contributed by atoms with Crippen molar-refractivity contribution in [3.8, 4) is 0 Å². The predicted octanol–water partition coefficient (Wildman–Crippen LogP) is 2.88. The van der Waals surface area contributed by atoms with Crippen LogP contribution in [0.3, 0.4) is 0 Å². The highest BCUT2D eigenvalue weighted by molar-refractivity contribution is 7.98. The van der Waals surface area contributed by atoms with Crippen molar-refractivity contribution in [3.63, 3.8) is 0 Å². The first-order valence-electron chi connectivity index (χ1n) is 6.57. The first kappa shape index (κ1) is 17.6. The third-order valence-electron chi connectivity index (χ3n) is 3.74. The van der Waals surface area contributed by atoms with Crippen LogP contribution in [0.25, 0.3) is 0 Å². The third kappa shape index (κ3) is 3.60. The molecule has 0 aliphatic carbocycles. The molecule has 2 rings (SSSR count). The highest BCUT2D eigenvalue weighted by Crippen LogP contribution is 2.38. The van der Waals surface area contributed by atoms with E-state index in [2.05, 4.69) is 0 Å². The standard InChI is InChI=1S/C14H13F4NO3S/c1-23-11-4-7(2-3-10(11)15)12(20)19-5-8(13(21)22)9(6-19)14(16,17)18/h2-4,8-9H,5-6H2,1H3,(H,21,22)/t8-,9-/m1/s1. The quantitative estimate of drug-likeness (QED) is 0.672. The molecule has 1 amide bonds. The third-order valence-corrected chi connectivity index (χ3v) is 4.50. The van der Waals surface area contributed by atoms with E-state index in [-0.39, 0.29) is 10.5 Å². The van der Waals surface area contributed by atoms with Crippen molar-refractivity contribution in [1.29, 1.82) is 0 Å². The zero-order valence-electron chi connectivity index (χ0n) is 11.9. The van der Waals surface area contributed by atoms with Crippen molar-refractivity contribution in [2.75, 3.05) is 19.3 Å². The van der Waals surface area contributed by atoms with Gasteiger partial charge in [-0.15, -0.1) is 11.8 Å². The van der Waals surface area contributed by atoms with Crippen LogP contribution in [0.5, 0.6) is 0 Å². The van der Waals surface area contributed by atoms with Gasteiger partial charge in [0.15, 0.2) is 0 Å². The molecule has 126 valence electrons. The van der Waals surface area contributed by atoms with Gasteiger partial charge in [0.25, 0.3) is 5.91 Å². The molecule has 0 bridgehead atoms. The Labute approximate surface area is 133 Å². The second-order valence-corrected chi connectivity index (χ2v) is 6.00. The maximum Gasteiger partial charge on any atom is 0.394 e. The number of hydrogen-bond acceptors (Lipinski definition) is 3. The monoisotopic (exact) mass is 351 g/mol. The molecule has 1 fully saturated rings. The molecule has 1 aromatic carbocycles. The van der Waals surface area contributed by atoms with Crippen LogP contribution in [0.15, 0.2) is 23.1 Å². The van der Waals surface area contributed by atoms with Gasteiger partial charge in [0.2, 0.25) is 0 Å². The SMILES string of the molecule is CSc1cc(C(=O)N2C[C@@H](C(F)(F)F)[C@H](C(=O)O)C2)ccc1F. The molecule has 0 saturated carbocycles. The zero-order chi connectivity index (χ0) is 17.4. The summed E-state index contributed by atoms with van der Waals surface area (Å²) < 4.78 is 52.2. The summed E-state index contributed by atoms with van der Waals surface area (Å²) in [4.78, 5) is 24.4. The van der Waals surface area contributed by atoms with Crippen molar-refractivity contribution in [2.45, 2.75) is 11.1 Å². The lowest BCUT2D eigenvalue weighted by Gasteiger charge is -2.18. The minimum Gasteiger partial charge on any atom is -0.481 e. The predicted molar refractivity (Wildman–Crippen MR) is 74.8 cm³/mol. The molecule has 0 unspecified atom stereocenters. The van der Waals surface area contributed by atoms with Gasteiger partial charge in [0, 0.05) is 23.5 Å². The summed E-state index contributed by atoms with van der Waals surface area (Å²) in [7, 11) is 0. The van der Waals surface area contributed by atoms with Gasteiger partial charge in [-0.1, -0.05) is 0 Å². The summed E-state index contributed by atoms with van der Waals surface area (Å²) in [5, 5.41) is 8.94. The van der Waals surface area contributed by atoms with Gasteiger partial charge in [0.05, 0.1) is 11.8 Å². The molecule has 1 saturated heterocycles. The summed E-state index contributed by atoms with van der Waals surface area (Å²) >= 11 is 1.06. The fourth-order valence-corrected chi connectivity index (χ4v) is 3.03. The minimum atomic E-state index is -4.70. The molecule has 1 aromatic rings. The van der Waals surface area contributed by atoms with Crippen LogP contribution in [0.2, 0.25) is 0 Å². The van der Waals surface area contributed by atoms with Crippen LogP contribution in [0.4, 0.5) is 17.6 Å². The number of carbonyl (C=O) groups is 2. The van der Waals surface area contributed by atoms with E-state index in [1.807, 2.05) is 0 Å². The summed E-state index contributed by atoms with van der Waals surface area (Å²) in [5.74, 6) is -6.67. The molecule has 1 aliphatic heterocycles. The molecule has 1 aliphatic rings. The number of alkyl halides is 3. The van der Waals surface area contributed by atoms with Crippen LogP contribution < -0.4 is 0 Å². The van der Waals surface area contributed by atoms with Crippen molar-refractivity contribution in [3.05, 3.63) is 29.6 Å². The highest BCUT2D eigenvalue weighted by atomic mass is 32.2. The smallest absolute Gasteiger partial charge is 0.394 e. The molecule has 9 heteroatoms. The molecular formula is C14H13F4NO3S. The average molecular weight is 351 g/mol. The van der Waals surface area contributed by atoms with E-state index in [0.717, 1.165) is 22.7 Å². The Bertz CT molecular complexity index is 635. The largest absolute Gasteiger partial charge is 0.481 e. The molecule has 0 aromatic heterocycles. The molecule has 4 nitrogen and oxygen atoms in total. The van der Waals surface area contributed by atoms with Gasteiger partial charge in [-0.2, -0.15) is 13.2 Å². The van der Waals surface area contributed by atoms with E-state index in [0.29, 0.717) is 0 Å². The molecule has 2 atom stereocenters. The number of carbonyl (C=O) groups excluding carboxylic acids is 1. The van der Waals surface area contributed by atoms with Gasteiger partial charge < -0.3 is 10.0 Å². The minimum absolute atomic E-state index is 0.0303. The van der Waals surface area contributed by atoms with E-state index in [4.69, 9.17) is 5.11 Å². The van der Waals surface area contributed by atoms with Gasteiger partial charge >= 0.3 is 12.1 Å². The molecule has 1 heterocycles. The lowest BCUT2D eigenvalue weighted by molar-refractivity contribution is -0.187. The Kier molecular flexibility index (Phi) is 4.88. The number of benzene rings is 1. The van der Waals surface area contributed by atoms with Crippen molar-refractivity contribution in [1.82, 2.24) is 4.90 Å². The second kappa shape index (κ2) is 6.38. The topological polar surface area (TPSA) is 57.6 Å². The number of likely N-dealkylation sites (tertiary alicyclic amines) is 1. The summed E-state index contributed by atoms with van der Waals surface area (Å²) in [5.41, 5.74) is 0.0303. The van der Waals surface area contributed by atoms with Crippen LogP contribution in [-0.4, -0.2) is 47.4 Å². The number of aliphatic carboxylic acids is 1. The highest BCUT2D eigenvalue weighted by Gasteiger charge is 2.53. The number of hydrogen-bond donors (Lipinski definition) is 1. The van der Waals surface area contributed by atoms with E-state index in [1.165, 1.54) is 12.1 Å². The summed E-state index contributed by atoms with van der Waals surface area (Å²) in [6, 6.07) is 3.48. The van der Waals surface area contributed by atoms with Gasteiger partial charge in [0.1, 0.15) is 5.82 Å². The number of nitrogens with zero attached hydrogens (tertiary/aromatic N) is 1. The Hall–Kier alpha value is -1.77. The van der Waals surface area contributed by atoms with E-state index in [1.54, 1.807) is 6.26 Å². The molecular weight excluding hydrogens is 338 g/mol. The maximum absolute atomic E-state index is 13.4. The second-order valence-electron chi connectivity index (χ2n) is 5.15. The number of amides is 1. The van der Waals surface area contributed by atoms with E-state index in [9.17, 15) is 27.2 Å². The Balaban J connectivity index is 2.25. The molecule has 0 radical (unpaired) electrons. The van der Waals surface area contributed by atoms with Gasteiger partial charge in [-0.25, -0.2) is 4.39 Å². The number of thioether (sulfide) groups is 1. The zero-order valence-corrected chi connectivity index (χ0v) is 12.7. The summed E-state index contributed by atoms with van der Waals surface area (Å²) in [6.07, 6.45) is -3.10. The fraction of sp³-hybridized carbons (Fsp3) is 0.429. The van der Waals surface area contributed by atoms with Crippen molar-refractivity contribution < 1.29 is 32.3 Å². The fourth-order valence-electron chi connectivity index (χ4n) is 2.53. The number of carboxylic acids is 1. The lowest BCUT2D eigenvalue weighted by atomic mass is 9.96. The molecule has 23 heavy (non-hydrogen) atoms. The number of carboxylic acid groups (broad SMARTS) is 1. The van der Waals surface area contributed by atoms with Gasteiger partial charge in [-0.3, -0.25) is 9.59 Å². The van der Waals surface area contributed by atoms with Crippen molar-refractivity contribution >= 4 is 23.6 Å². The normalized spacial score (nSPS) is 21.5. The van der Waals surface area contributed by atoms with Crippen molar-refractivity contribution in [2.24, 2.45) is 11.8 Å². The van der Waals surface area contributed by atoms with Crippen LogP contribution >= 0.6 is 11.8 Å². The number of halogens is 4. The summed E-state index contributed by atoms with van der Waals surface area (Å²) in [6.45, 7) is -1.24. The van der Waals surface area contributed by atoms with Gasteiger partial charge in [-0.05, 0) is 24.5 Å². The Morgan fingerprint density at radius 3 is 2.43 bits per heavy atom. The average Bonchev–Trinajstić information content (AvgIpc) is 2.92. The molecule has 1 N–H and O–H groups in total. The molecule has 0 spiro atoms. The Morgan fingerprint density at radius 1 is 1.30 bits per heavy atom. The maximum atomic E-state index is 13.4. The Morgan fingerprint density at radius 2 is 1.96 bits per heavy atom. The van der Waals surface area contributed by atoms with Crippen LogP contribution in [0.1, 0.15) is 10.4 Å². The first-order valence-corrected chi connectivity index (χ1v) is 7.80. The lowest BCUT2D eigenvalue weighted by Crippen LogP contribution is -2.34. The first-order chi connectivity index (χ1) is 10.6. The van der Waals surface area contributed by atoms with Crippen LogP contribution in [-0.2, 0) is 4.79 Å². The van der Waals surface area contributed by atoms with Crippen LogP contribution in [0, 0.1) is 17.7 Å².